The minimum Gasteiger partial charge on any atom is -0.409 e. The summed E-state index contributed by atoms with van der Waals surface area (Å²) in [5.41, 5.74) is 8.44. The van der Waals surface area contributed by atoms with Crippen LogP contribution in [0.25, 0.3) is 0 Å². The molecule has 1 aromatic rings. The molecular weight excluding hydrogens is 268 g/mol. The van der Waals surface area contributed by atoms with Crippen molar-refractivity contribution in [3.05, 3.63) is 23.0 Å². The van der Waals surface area contributed by atoms with E-state index in [0.717, 1.165) is 43.0 Å². The average molecular weight is 292 g/mol. The van der Waals surface area contributed by atoms with Crippen molar-refractivity contribution in [1.29, 1.82) is 0 Å². The molecule has 2 heterocycles. The van der Waals surface area contributed by atoms with Gasteiger partial charge in [-0.2, -0.15) is 0 Å². The lowest BCUT2D eigenvalue weighted by Crippen LogP contribution is -2.31. The van der Waals surface area contributed by atoms with E-state index in [0.29, 0.717) is 12.0 Å². The van der Waals surface area contributed by atoms with Crippen LogP contribution in [0.3, 0.4) is 0 Å². The van der Waals surface area contributed by atoms with Gasteiger partial charge in [-0.3, -0.25) is 4.98 Å². The van der Waals surface area contributed by atoms with E-state index in [1.165, 1.54) is 0 Å². The number of aromatic nitrogens is 1. The molecule has 0 aromatic carbocycles. The van der Waals surface area contributed by atoms with Crippen molar-refractivity contribution < 1.29 is 10.3 Å². The highest BCUT2D eigenvalue weighted by Gasteiger charge is 2.27. The van der Waals surface area contributed by atoms with Crippen LogP contribution in [0.5, 0.6) is 0 Å². The summed E-state index contributed by atoms with van der Waals surface area (Å²) in [4.78, 5) is 6.59. The van der Waals surface area contributed by atoms with Crippen LogP contribution in [0.4, 0.5) is 5.69 Å². The van der Waals surface area contributed by atoms with Crippen molar-refractivity contribution in [3.8, 4) is 0 Å². The first-order valence-corrected chi connectivity index (χ1v) is 7.27. The van der Waals surface area contributed by atoms with Gasteiger partial charge in [0.15, 0.2) is 5.84 Å². The second-order valence-electron chi connectivity index (χ2n) is 6.07. The van der Waals surface area contributed by atoms with Crippen molar-refractivity contribution in [2.75, 3.05) is 18.0 Å². The molecule has 0 spiro atoms. The molecule has 0 radical (unpaired) electrons. The molecule has 1 aliphatic heterocycles. The van der Waals surface area contributed by atoms with Crippen molar-refractivity contribution in [2.45, 2.75) is 45.6 Å². The highest BCUT2D eigenvalue weighted by Crippen LogP contribution is 2.29. The van der Waals surface area contributed by atoms with E-state index in [1.54, 1.807) is 0 Å². The Kier molecular flexibility index (Phi) is 4.37. The number of oxime groups is 1. The van der Waals surface area contributed by atoms with Crippen LogP contribution in [0.15, 0.2) is 11.2 Å². The Labute approximate surface area is 125 Å². The number of nitrogens with two attached hydrogens (primary N) is 1. The third-order valence-corrected chi connectivity index (χ3v) is 4.08. The third-order valence-electron chi connectivity index (χ3n) is 4.08. The van der Waals surface area contributed by atoms with Crippen molar-refractivity contribution in [2.24, 2.45) is 10.9 Å². The predicted molar refractivity (Wildman–Crippen MR) is 82.9 cm³/mol. The first kappa shape index (κ1) is 15.6. The minimum atomic E-state index is -0.622. The molecule has 4 N–H and O–H groups in total. The van der Waals surface area contributed by atoms with Gasteiger partial charge in [0.05, 0.1) is 22.5 Å². The van der Waals surface area contributed by atoms with E-state index >= 15 is 0 Å². The van der Waals surface area contributed by atoms with Gasteiger partial charge in [-0.1, -0.05) is 5.16 Å². The fourth-order valence-corrected chi connectivity index (χ4v) is 2.93. The Hall–Kier alpha value is -1.82. The number of aliphatic hydroxyl groups is 1. The van der Waals surface area contributed by atoms with Gasteiger partial charge in [0, 0.05) is 18.8 Å². The lowest BCUT2D eigenvalue weighted by Gasteiger charge is -2.27. The van der Waals surface area contributed by atoms with E-state index in [2.05, 4.69) is 15.0 Å². The zero-order chi connectivity index (χ0) is 15.6. The summed E-state index contributed by atoms with van der Waals surface area (Å²) < 4.78 is 0. The summed E-state index contributed by atoms with van der Waals surface area (Å²) >= 11 is 0. The molecule has 6 heteroatoms. The van der Waals surface area contributed by atoms with Crippen LogP contribution in [0.2, 0.25) is 0 Å². The van der Waals surface area contributed by atoms with Crippen molar-refractivity contribution in [1.82, 2.24) is 4.98 Å². The van der Waals surface area contributed by atoms with Gasteiger partial charge in [0.1, 0.15) is 0 Å². The standard InChI is InChI=1S/C15H24N4O2/c1-10-9-12(13(11(2)17-10)14(16)18-21)19-7-4-5-15(3,20)6-8-19/h9,20-21H,4-8H2,1-3H3,(H2,16,18). The minimum absolute atomic E-state index is 0.0750. The average Bonchev–Trinajstić information content (AvgIpc) is 2.58. The van der Waals surface area contributed by atoms with Crippen LogP contribution in [-0.2, 0) is 0 Å². The van der Waals surface area contributed by atoms with Gasteiger partial charge in [0.2, 0.25) is 0 Å². The zero-order valence-corrected chi connectivity index (χ0v) is 12.9. The number of hydrogen-bond donors (Lipinski definition) is 3. The molecular formula is C15H24N4O2. The van der Waals surface area contributed by atoms with Crippen LogP contribution in [0.1, 0.15) is 43.1 Å². The number of rotatable bonds is 2. The number of nitrogens with zero attached hydrogens (tertiary/aromatic N) is 3. The lowest BCUT2D eigenvalue weighted by molar-refractivity contribution is 0.0481. The monoisotopic (exact) mass is 292 g/mol. The molecule has 1 aliphatic rings. The number of aryl methyl sites for hydroxylation is 2. The summed E-state index contributed by atoms with van der Waals surface area (Å²) in [6.45, 7) is 7.24. The summed E-state index contributed by atoms with van der Waals surface area (Å²) in [7, 11) is 0. The Morgan fingerprint density at radius 3 is 2.76 bits per heavy atom. The topological polar surface area (TPSA) is 95.0 Å². The SMILES string of the molecule is Cc1cc(N2CCCC(C)(O)CC2)c(/C(N)=N/O)c(C)n1. The lowest BCUT2D eigenvalue weighted by atomic mass is 9.98. The smallest absolute Gasteiger partial charge is 0.174 e. The van der Waals surface area contributed by atoms with Crippen molar-refractivity contribution in [3.63, 3.8) is 0 Å². The molecule has 0 saturated carbocycles. The fraction of sp³-hybridized carbons (Fsp3) is 0.600. The molecule has 1 fully saturated rings. The summed E-state index contributed by atoms with van der Waals surface area (Å²) in [5.74, 6) is 0.0750. The molecule has 0 bridgehead atoms. The van der Waals surface area contributed by atoms with Crippen LogP contribution >= 0.6 is 0 Å². The maximum absolute atomic E-state index is 10.2. The molecule has 1 atom stereocenters. The fourth-order valence-electron chi connectivity index (χ4n) is 2.93. The predicted octanol–water partition coefficient (Wildman–Crippen LogP) is 1.53. The van der Waals surface area contributed by atoms with Gasteiger partial charge >= 0.3 is 0 Å². The molecule has 1 saturated heterocycles. The van der Waals surface area contributed by atoms with E-state index < -0.39 is 5.60 Å². The molecule has 21 heavy (non-hydrogen) atoms. The molecule has 2 rings (SSSR count). The van der Waals surface area contributed by atoms with E-state index in [9.17, 15) is 5.11 Å². The summed E-state index contributed by atoms with van der Waals surface area (Å²) in [5, 5.41) is 22.4. The van der Waals surface area contributed by atoms with E-state index in [-0.39, 0.29) is 5.84 Å². The Morgan fingerprint density at radius 1 is 1.38 bits per heavy atom. The number of pyridine rings is 1. The highest BCUT2D eigenvalue weighted by atomic mass is 16.4. The zero-order valence-electron chi connectivity index (χ0n) is 12.9. The molecule has 0 amide bonds. The summed E-state index contributed by atoms with van der Waals surface area (Å²) in [6, 6.07) is 1.96. The second kappa shape index (κ2) is 5.89. The largest absolute Gasteiger partial charge is 0.409 e. The van der Waals surface area contributed by atoms with Gasteiger partial charge < -0.3 is 20.9 Å². The Balaban J connectivity index is 2.43. The van der Waals surface area contributed by atoms with Gasteiger partial charge in [-0.05, 0) is 46.1 Å². The Bertz CT molecular complexity index is 555. The van der Waals surface area contributed by atoms with Crippen LogP contribution in [-0.4, -0.2) is 39.8 Å². The number of anilines is 1. The third kappa shape index (κ3) is 3.44. The van der Waals surface area contributed by atoms with Gasteiger partial charge in [-0.25, -0.2) is 0 Å². The van der Waals surface area contributed by atoms with E-state index in [4.69, 9.17) is 10.9 Å². The molecule has 0 aliphatic carbocycles. The maximum Gasteiger partial charge on any atom is 0.174 e. The second-order valence-corrected chi connectivity index (χ2v) is 6.07. The Morgan fingerprint density at radius 2 is 2.10 bits per heavy atom. The molecule has 1 unspecified atom stereocenters. The van der Waals surface area contributed by atoms with E-state index in [1.807, 2.05) is 26.8 Å². The highest BCUT2D eigenvalue weighted by molar-refractivity contribution is 6.03. The molecule has 1 aromatic heterocycles. The van der Waals surface area contributed by atoms with Crippen molar-refractivity contribution >= 4 is 11.5 Å². The molecule has 6 nitrogen and oxygen atoms in total. The van der Waals surface area contributed by atoms with Gasteiger partial charge in [-0.15, -0.1) is 0 Å². The first-order chi connectivity index (χ1) is 9.84. The first-order valence-electron chi connectivity index (χ1n) is 7.27. The normalized spacial score (nSPS) is 24.0. The number of hydrogen-bond acceptors (Lipinski definition) is 5. The van der Waals surface area contributed by atoms with Crippen LogP contribution in [0, 0.1) is 13.8 Å². The van der Waals surface area contributed by atoms with Crippen LogP contribution < -0.4 is 10.6 Å². The number of amidine groups is 1. The molecule has 116 valence electrons. The summed E-state index contributed by atoms with van der Waals surface area (Å²) in [6.07, 6.45) is 2.39. The maximum atomic E-state index is 10.2. The van der Waals surface area contributed by atoms with Gasteiger partial charge in [0.25, 0.3) is 0 Å². The quantitative estimate of drug-likeness (QED) is 0.332.